The number of allylic oxidation sites excluding steroid dienone is 1. The van der Waals surface area contributed by atoms with Crippen LogP contribution in [0, 0.1) is 0 Å². The van der Waals surface area contributed by atoms with Crippen LogP contribution in [0.25, 0.3) is 11.6 Å². The maximum absolute atomic E-state index is 10.0. The van der Waals surface area contributed by atoms with E-state index in [2.05, 4.69) is 25.3 Å². The van der Waals surface area contributed by atoms with Gasteiger partial charge >= 0.3 is 0 Å². The molecule has 0 radical (unpaired) electrons. The van der Waals surface area contributed by atoms with Gasteiger partial charge in [0, 0.05) is 36.7 Å². The Labute approximate surface area is 145 Å². The first-order chi connectivity index (χ1) is 11.3. The Bertz CT molecular complexity index is 781. The highest BCUT2D eigenvalue weighted by Crippen LogP contribution is 2.31. The second-order valence-corrected chi connectivity index (χ2v) is 5.57. The Kier molecular flexibility index (Phi) is 4.82. The van der Waals surface area contributed by atoms with Crippen molar-refractivity contribution in [2.24, 2.45) is 4.99 Å². The summed E-state index contributed by atoms with van der Waals surface area (Å²) in [5, 5.41) is 13.2. The van der Waals surface area contributed by atoms with Crippen molar-refractivity contribution in [3.05, 3.63) is 29.6 Å². The third kappa shape index (κ3) is 3.27. The molecule has 0 amide bonds. The van der Waals surface area contributed by atoms with Gasteiger partial charge in [-0.15, -0.1) is 12.4 Å². The Morgan fingerprint density at radius 3 is 3.21 bits per heavy atom. The fourth-order valence-corrected chi connectivity index (χ4v) is 2.77. The Morgan fingerprint density at radius 2 is 2.38 bits per heavy atom. The standard InChI is InChI=1S/C16H17N5O2.ClH/c22-15-13(7-10-8-18-14-12(10)4-1-5-17-14)20-16(21-15)19-9-11-3-2-6-23-11;/h1,4-5,7-8,11,22H,2-3,6,9H2,(H2,19,20,21);1H. The van der Waals surface area contributed by atoms with E-state index in [4.69, 9.17) is 4.74 Å². The van der Waals surface area contributed by atoms with Crippen LogP contribution in [0.1, 0.15) is 24.1 Å². The Morgan fingerprint density at radius 1 is 1.46 bits per heavy atom. The molecule has 3 N–H and O–H groups in total. The molecule has 2 aromatic rings. The third-order valence-electron chi connectivity index (χ3n) is 3.96. The van der Waals surface area contributed by atoms with Crippen LogP contribution < -0.4 is 5.32 Å². The number of fused-ring (bicyclic) bond motifs is 1. The average Bonchev–Trinajstić information content (AvgIpc) is 3.28. The first-order valence-electron chi connectivity index (χ1n) is 7.65. The fraction of sp³-hybridized carbons (Fsp3) is 0.312. The summed E-state index contributed by atoms with van der Waals surface area (Å²) in [6, 6.07) is 3.81. The summed E-state index contributed by atoms with van der Waals surface area (Å²) in [7, 11) is 0. The van der Waals surface area contributed by atoms with Gasteiger partial charge in [-0.2, -0.15) is 4.98 Å². The van der Waals surface area contributed by atoms with E-state index in [0.29, 0.717) is 24.0 Å². The van der Waals surface area contributed by atoms with E-state index in [1.807, 2.05) is 18.2 Å². The van der Waals surface area contributed by atoms with Crippen LogP contribution in [0.4, 0.5) is 11.8 Å². The van der Waals surface area contributed by atoms with Crippen molar-refractivity contribution >= 4 is 42.0 Å². The SMILES string of the molecule is Cl.Oc1nc(NCC2CCCO2)[nH]c1C=C1C=Nc2ncccc21. The monoisotopic (exact) mass is 347 g/mol. The fourth-order valence-electron chi connectivity index (χ4n) is 2.77. The van der Waals surface area contributed by atoms with E-state index in [0.717, 1.165) is 30.6 Å². The van der Waals surface area contributed by atoms with Crippen molar-refractivity contribution in [2.75, 3.05) is 18.5 Å². The maximum atomic E-state index is 10.0. The number of hydrogen-bond donors (Lipinski definition) is 3. The molecule has 0 saturated carbocycles. The predicted molar refractivity (Wildman–Crippen MR) is 95.2 cm³/mol. The van der Waals surface area contributed by atoms with E-state index < -0.39 is 0 Å². The molecule has 1 unspecified atom stereocenters. The molecule has 8 heteroatoms. The van der Waals surface area contributed by atoms with Gasteiger partial charge in [0.05, 0.1) is 6.10 Å². The summed E-state index contributed by atoms with van der Waals surface area (Å²) in [6.07, 6.45) is 7.62. The molecule has 2 aromatic heterocycles. The molecule has 0 aromatic carbocycles. The molecule has 126 valence electrons. The van der Waals surface area contributed by atoms with E-state index in [1.54, 1.807) is 12.4 Å². The Balaban J connectivity index is 0.00000169. The molecule has 1 saturated heterocycles. The van der Waals surface area contributed by atoms with Gasteiger partial charge in [-0.25, -0.2) is 9.98 Å². The number of H-pyrrole nitrogens is 1. The van der Waals surface area contributed by atoms with Gasteiger partial charge < -0.3 is 20.1 Å². The lowest BCUT2D eigenvalue weighted by Gasteiger charge is -2.09. The number of aliphatic imine (C=N–C) groups is 1. The molecule has 2 aliphatic heterocycles. The molecule has 0 spiro atoms. The zero-order chi connectivity index (χ0) is 15.6. The zero-order valence-electron chi connectivity index (χ0n) is 12.9. The van der Waals surface area contributed by atoms with Crippen LogP contribution in [-0.4, -0.2) is 45.5 Å². The molecule has 2 aliphatic rings. The number of aromatic nitrogens is 3. The maximum Gasteiger partial charge on any atom is 0.238 e. The molecule has 0 bridgehead atoms. The van der Waals surface area contributed by atoms with Crippen molar-refractivity contribution in [3.8, 4) is 5.88 Å². The minimum absolute atomic E-state index is 0. The summed E-state index contributed by atoms with van der Waals surface area (Å²) in [5.41, 5.74) is 2.37. The molecule has 24 heavy (non-hydrogen) atoms. The highest BCUT2D eigenvalue weighted by atomic mass is 35.5. The topological polar surface area (TPSA) is 95.4 Å². The van der Waals surface area contributed by atoms with Crippen molar-refractivity contribution in [1.29, 1.82) is 0 Å². The summed E-state index contributed by atoms with van der Waals surface area (Å²) < 4.78 is 5.56. The van der Waals surface area contributed by atoms with Gasteiger partial charge in [0.25, 0.3) is 0 Å². The molecule has 4 rings (SSSR count). The normalized spacial score (nSPS) is 20.2. The number of anilines is 1. The van der Waals surface area contributed by atoms with E-state index in [9.17, 15) is 5.11 Å². The van der Waals surface area contributed by atoms with Crippen molar-refractivity contribution < 1.29 is 9.84 Å². The number of nitrogens with one attached hydrogen (secondary N) is 2. The number of hydrogen-bond acceptors (Lipinski definition) is 6. The molecule has 7 nitrogen and oxygen atoms in total. The van der Waals surface area contributed by atoms with Crippen LogP contribution in [0.5, 0.6) is 5.88 Å². The largest absolute Gasteiger partial charge is 0.492 e. The number of ether oxygens (including phenoxy) is 1. The third-order valence-corrected chi connectivity index (χ3v) is 3.96. The van der Waals surface area contributed by atoms with Crippen molar-refractivity contribution in [1.82, 2.24) is 15.0 Å². The smallest absolute Gasteiger partial charge is 0.238 e. The lowest BCUT2D eigenvalue weighted by molar-refractivity contribution is 0.120. The lowest BCUT2D eigenvalue weighted by Crippen LogP contribution is -2.18. The first-order valence-corrected chi connectivity index (χ1v) is 7.65. The van der Waals surface area contributed by atoms with Crippen LogP contribution in [-0.2, 0) is 4.74 Å². The number of imidazole rings is 1. The zero-order valence-corrected chi connectivity index (χ0v) is 13.7. The lowest BCUT2D eigenvalue weighted by atomic mass is 10.1. The molecule has 1 fully saturated rings. The van der Waals surface area contributed by atoms with Crippen LogP contribution in [0.3, 0.4) is 0 Å². The average molecular weight is 348 g/mol. The van der Waals surface area contributed by atoms with Gasteiger partial charge in [0.15, 0.2) is 5.82 Å². The van der Waals surface area contributed by atoms with Crippen LogP contribution in [0.15, 0.2) is 23.3 Å². The number of pyridine rings is 1. The van der Waals surface area contributed by atoms with Crippen molar-refractivity contribution in [2.45, 2.75) is 18.9 Å². The number of halogens is 1. The number of aromatic amines is 1. The molecule has 0 aliphatic carbocycles. The predicted octanol–water partition coefficient (Wildman–Crippen LogP) is 2.78. The highest BCUT2D eigenvalue weighted by molar-refractivity contribution is 6.20. The first kappa shape index (κ1) is 16.5. The molecule has 4 heterocycles. The van der Waals surface area contributed by atoms with Crippen molar-refractivity contribution in [3.63, 3.8) is 0 Å². The van der Waals surface area contributed by atoms with E-state index in [-0.39, 0.29) is 24.4 Å². The van der Waals surface area contributed by atoms with E-state index >= 15 is 0 Å². The van der Waals surface area contributed by atoms with Gasteiger partial charge in [0.1, 0.15) is 5.69 Å². The molecule has 1 atom stereocenters. The summed E-state index contributed by atoms with van der Waals surface area (Å²) in [4.78, 5) is 15.6. The quantitative estimate of drug-likeness (QED) is 0.790. The van der Waals surface area contributed by atoms with Gasteiger partial charge in [0.2, 0.25) is 11.8 Å². The number of aromatic hydroxyl groups is 1. The molecular weight excluding hydrogens is 330 g/mol. The highest BCUT2D eigenvalue weighted by Gasteiger charge is 2.17. The number of rotatable bonds is 4. The minimum Gasteiger partial charge on any atom is -0.492 e. The van der Waals surface area contributed by atoms with Crippen LogP contribution in [0.2, 0.25) is 0 Å². The van der Waals surface area contributed by atoms with Crippen LogP contribution >= 0.6 is 12.4 Å². The summed E-state index contributed by atoms with van der Waals surface area (Å²) in [6.45, 7) is 1.50. The second kappa shape index (κ2) is 7.02. The summed E-state index contributed by atoms with van der Waals surface area (Å²) in [5.74, 6) is 1.18. The van der Waals surface area contributed by atoms with Gasteiger partial charge in [-0.1, -0.05) is 0 Å². The Hall–Kier alpha value is -2.38. The second-order valence-electron chi connectivity index (χ2n) is 5.57. The minimum atomic E-state index is -0.0434. The summed E-state index contributed by atoms with van der Waals surface area (Å²) >= 11 is 0. The van der Waals surface area contributed by atoms with Gasteiger partial charge in [-0.05, 0) is 31.1 Å². The van der Waals surface area contributed by atoms with Gasteiger partial charge in [-0.3, -0.25) is 0 Å². The van der Waals surface area contributed by atoms with E-state index in [1.165, 1.54) is 0 Å². The number of nitrogens with zero attached hydrogens (tertiary/aromatic N) is 3. The molecular formula is C16H18ClN5O2.